The van der Waals surface area contributed by atoms with Crippen molar-refractivity contribution in [1.29, 1.82) is 0 Å². The summed E-state index contributed by atoms with van der Waals surface area (Å²) >= 11 is 3.29. The van der Waals surface area contributed by atoms with E-state index in [2.05, 4.69) is 24.8 Å². The average molecular weight is 359 g/mol. The number of benzene rings is 1. The molecule has 1 saturated heterocycles. The number of aromatic nitrogens is 3. The number of thioether (sulfide) groups is 1. The Morgan fingerprint density at radius 2 is 1.92 bits per heavy atom. The number of anilines is 2. The lowest BCUT2D eigenvalue weighted by atomic mass is 10.2. The van der Waals surface area contributed by atoms with Gasteiger partial charge in [-0.25, -0.2) is 15.0 Å². The third kappa shape index (κ3) is 2.87. The van der Waals surface area contributed by atoms with Crippen LogP contribution >= 0.6 is 23.1 Å². The van der Waals surface area contributed by atoms with Crippen molar-refractivity contribution in [3.05, 3.63) is 30.6 Å². The second kappa shape index (κ2) is 6.45. The molecule has 1 fully saturated rings. The first-order chi connectivity index (χ1) is 11.7. The van der Waals surface area contributed by atoms with E-state index < -0.39 is 0 Å². The molecule has 1 N–H and O–H groups in total. The van der Waals surface area contributed by atoms with Crippen LogP contribution in [0, 0.1) is 0 Å². The molecule has 3 aromatic rings. The van der Waals surface area contributed by atoms with Crippen molar-refractivity contribution >= 4 is 45.0 Å². The number of aromatic hydroxyl groups is 1. The maximum Gasteiger partial charge on any atom is 0.176 e. The number of piperazine rings is 1. The standard InChI is InChI=1S/C16H17N5OS2/c1-23-16-19-14-13(24-16)15(18-10-17-14)21-7-5-20(6-8-21)11-3-2-4-12(22)9-11/h2-4,9-10,22H,5-8H2,1H3. The van der Waals surface area contributed by atoms with E-state index >= 15 is 0 Å². The second-order valence-electron chi connectivity index (χ2n) is 5.53. The summed E-state index contributed by atoms with van der Waals surface area (Å²) in [6, 6.07) is 7.43. The highest BCUT2D eigenvalue weighted by Crippen LogP contribution is 2.33. The number of phenolic OH excluding ortho intramolecular Hbond substituents is 1. The van der Waals surface area contributed by atoms with Gasteiger partial charge >= 0.3 is 0 Å². The summed E-state index contributed by atoms with van der Waals surface area (Å²) in [6.07, 6.45) is 3.63. The Morgan fingerprint density at radius 1 is 1.12 bits per heavy atom. The summed E-state index contributed by atoms with van der Waals surface area (Å²) in [6.45, 7) is 3.55. The van der Waals surface area contributed by atoms with Gasteiger partial charge in [-0.15, -0.1) is 11.3 Å². The van der Waals surface area contributed by atoms with Gasteiger partial charge in [-0.3, -0.25) is 0 Å². The van der Waals surface area contributed by atoms with Gasteiger partial charge in [0.1, 0.15) is 16.8 Å². The number of rotatable bonds is 3. The van der Waals surface area contributed by atoms with Crippen LogP contribution in [0.4, 0.5) is 11.5 Å². The molecule has 8 heteroatoms. The molecule has 24 heavy (non-hydrogen) atoms. The highest BCUT2D eigenvalue weighted by atomic mass is 32.2. The number of fused-ring (bicyclic) bond motifs is 1. The first-order valence-corrected chi connectivity index (χ1v) is 9.73. The maximum absolute atomic E-state index is 9.66. The highest BCUT2D eigenvalue weighted by Gasteiger charge is 2.21. The minimum atomic E-state index is 0.307. The largest absolute Gasteiger partial charge is 0.508 e. The van der Waals surface area contributed by atoms with E-state index in [-0.39, 0.29) is 0 Å². The Kier molecular flexibility index (Phi) is 4.15. The zero-order chi connectivity index (χ0) is 16.5. The van der Waals surface area contributed by atoms with E-state index in [1.165, 1.54) is 0 Å². The fourth-order valence-electron chi connectivity index (χ4n) is 2.90. The quantitative estimate of drug-likeness (QED) is 0.721. The Hall–Kier alpha value is -2.06. The molecule has 0 atom stereocenters. The summed E-state index contributed by atoms with van der Waals surface area (Å²) in [7, 11) is 0. The van der Waals surface area contributed by atoms with E-state index in [9.17, 15) is 5.11 Å². The molecular formula is C16H17N5OS2. The molecule has 0 amide bonds. The molecule has 1 aromatic carbocycles. The Balaban J connectivity index is 1.55. The van der Waals surface area contributed by atoms with Crippen LogP contribution in [0.1, 0.15) is 0 Å². The third-order valence-electron chi connectivity index (χ3n) is 4.10. The van der Waals surface area contributed by atoms with E-state index in [0.717, 1.165) is 52.4 Å². The van der Waals surface area contributed by atoms with Gasteiger partial charge in [-0.2, -0.15) is 0 Å². The molecule has 0 saturated carbocycles. The van der Waals surface area contributed by atoms with Crippen LogP contribution in [0.2, 0.25) is 0 Å². The summed E-state index contributed by atoms with van der Waals surface area (Å²) < 4.78 is 2.08. The van der Waals surface area contributed by atoms with Crippen molar-refractivity contribution in [1.82, 2.24) is 15.0 Å². The highest BCUT2D eigenvalue weighted by molar-refractivity contribution is 8.00. The molecule has 6 nitrogen and oxygen atoms in total. The summed E-state index contributed by atoms with van der Waals surface area (Å²) in [5, 5.41) is 9.66. The van der Waals surface area contributed by atoms with Crippen LogP contribution < -0.4 is 9.80 Å². The van der Waals surface area contributed by atoms with Gasteiger partial charge in [0.2, 0.25) is 0 Å². The second-order valence-corrected chi connectivity index (χ2v) is 7.58. The molecule has 0 bridgehead atoms. The predicted molar refractivity (Wildman–Crippen MR) is 99.5 cm³/mol. The molecule has 4 rings (SSSR count). The Labute approximate surface area is 148 Å². The molecule has 0 spiro atoms. The topological polar surface area (TPSA) is 65.4 Å². The number of thiazole rings is 1. The monoisotopic (exact) mass is 359 g/mol. The molecule has 0 radical (unpaired) electrons. The van der Waals surface area contributed by atoms with Crippen molar-refractivity contribution < 1.29 is 5.11 Å². The van der Waals surface area contributed by atoms with Crippen molar-refractivity contribution in [2.24, 2.45) is 0 Å². The maximum atomic E-state index is 9.66. The summed E-state index contributed by atoms with van der Waals surface area (Å²) in [4.78, 5) is 17.9. The smallest absolute Gasteiger partial charge is 0.176 e. The van der Waals surface area contributed by atoms with Crippen molar-refractivity contribution in [2.45, 2.75) is 4.34 Å². The van der Waals surface area contributed by atoms with Crippen LogP contribution in [0.15, 0.2) is 34.9 Å². The molecule has 3 heterocycles. The first kappa shape index (κ1) is 15.5. The van der Waals surface area contributed by atoms with E-state index in [1.807, 2.05) is 24.5 Å². The summed E-state index contributed by atoms with van der Waals surface area (Å²) in [5.41, 5.74) is 1.84. The van der Waals surface area contributed by atoms with Gasteiger partial charge < -0.3 is 14.9 Å². The Morgan fingerprint density at radius 3 is 2.67 bits per heavy atom. The lowest BCUT2D eigenvalue weighted by Crippen LogP contribution is -2.46. The van der Waals surface area contributed by atoms with Gasteiger partial charge in [0.05, 0.1) is 0 Å². The summed E-state index contributed by atoms with van der Waals surface area (Å²) in [5.74, 6) is 1.29. The minimum Gasteiger partial charge on any atom is -0.508 e. The first-order valence-electron chi connectivity index (χ1n) is 7.69. The van der Waals surface area contributed by atoms with Crippen LogP contribution in [0.5, 0.6) is 5.75 Å². The zero-order valence-electron chi connectivity index (χ0n) is 13.2. The fraction of sp³-hybridized carbons (Fsp3) is 0.312. The van der Waals surface area contributed by atoms with Crippen LogP contribution in [0.25, 0.3) is 10.3 Å². The average Bonchev–Trinajstić information content (AvgIpc) is 3.05. The lowest BCUT2D eigenvalue weighted by Gasteiger charge is -2.36. The lowest BCUT2D eigenvalue weighted by molar-refractivity contribution is 0.475. The van der Waals surface area contributed by atoms with E-state index in [4.69, 9.17) is 0 Å². The molecule has 2 aromatic heterocycles. The number of nitrogens with zero attached hydrogens (tertiary/aromatic N) is 5. The van der Waals surface area contributed by atoms with Gasteiger partial charge in [0.15, 0.2) is 15.8 Å². The van der Waals surface area contributed by atoms with Crippen LogP contribution in [0.3, 0.4) is 0 Å². The van der Waals surface area contributed by atoms with Gasteiger partial charge in [0, 0.05) is 37.9 Å². The fourth-order valence-corrected chi connectivity index (χ4v) is 4.43. The van der Waals surface area contributed by atoms with Crippen LogP contribution in [-0.2, 0) is 0 Å². The predicted octanol–water partition coefficient (Wildman–Crippen LogP) is 2.84. The van der Waals surface area contributed by atoms with Crippen molar-refractivity contribution in [2.75, 3.05) is 42.2 Å². The molecule has 0 unspecified atom stereocenters. The van der Waals surface area contributed by atoms with Crippen LogP contribution in [-0.4, -0.2) is 52.5 Å². The van der Waals surface area contributed by atoms with E-state index in [0.29, 0.717) is 5.75 Å². The van der Waals surface area contributed by atoms with Gasteiger partial charge in [-0.1, -0.05) is 17.8 Å². The minimum absolute atomic E-state index is 0.307. The molecule has 1 aliphatic heterocycles. The third-order valence-corrected chi connectivity index (χ3v) is 6.13. The molecule has 0 aliphatic carbocycles. The zero-order valence-corrected chi connectivity index (χ0v) is 14.8. The van der Waals surface area contributed by atoms with E-state index in [1.54, 1.807) is 35.5 Å². The Bertz CT molecular complexity index is 861. The van der Waals surface area contributed by atoms with Crippen molar-refractivity contribution in [3.63, 3.8) is 0 Å². The molecule has 1 aliphatic rings. The molecular weight excluding hydrogens is 342 g/mol. The number of hydrogen-bond donors (Lipinski definition) is 1. The number of phenols is 1. The van der Waals surface area contributed by atoms with Gasteiger partial charge in [-0.05, 0) is 18.4 Å². The molecule has 124 valence electrons. The van der Waals surface area contributed by atoms with Gasteiger partial charge in [0.25, 0.3) is 0 Å². The van der Waals surface area contributed by atoms with Crippen molar-refractivity contribution in [3.8, 4) is 5.75 Å². The normalized spacial score (nSPS) is 15.2. The SMILES string of the molecule is CSc1nc2ncnc(N3CCN(c4cccc(O)c4)CC3)c2s1. The number of hydrogen-bond acceptors (Lipinski definition) is 8.